The van der Waals surface area contributed by atoms with Gasteiger partial charge in [0.15, 0.2) is 0 Å². The van der Waals surface area contributed by atoms with Crippen LogP contribution >= 0.6 is 11.8 Å². The zero-order valence-corrected chi connectivity index (χ0v) is 10.2. The third kappa shape index (κ3) is 2.24. The molecule has 3 N–H and O–H groups in total. The van der Waals surface area contributed by atoms with E-state index in [2.05, 4.69) is 4.99 Å². The van der Waals surface area contributed by atoms with Crippen molar-refractivity contribution < 1.29 is 20.1 Å². The molecule has 0 amide bonds. The Bertz CT molecular complexity index is 333. The first kappa shape index (κ1) is 11.9. The quantitative estimate of drug-likeness (QED) is 0.650. The van der Waals surface area contributed by atoms with E-state index in [0.717, 1.165) is 17.4 Å². The van der Waals surface area contributed by atoms with Crippen LogP contribution in [0.2, 0.25) is 0 Å². The van der Waals surface area contributed by atoms with Gasteiger partial charge in [-0.25, -0.2) is 0 Å². The van der Waals surface area contributed by atoms with Gasteiger partial charge in [0.05, 0.1) is 11.7 Å². The molecule has 5 atom stereocenters. The minimum Gasteiger partial charge on any atom is -0.394 e. The maximum Gasteiger partial charge on any atom is 0.134 e. The van der Waals surface area contributed by atoms with Crippen molar-refractivity contribution in [3.63, 3.8) is 0 Å². The smallest absolute Gasteiger partial charge is 0.134 e. The SMILES string of the molecule is OC[C@H]1O[C@@H]2SC(CC3CC3)=N[C@@H]2[C@@H](O)[C@@H]1O. The van der Waals surface area contributed by atoms with Crippen molar-refractivity contribution >= 4 is 16.8 Å². The lowest BCUT2D eigenvalue weighted by molar-refractivity contribution is -0.164. The fourth-order valence-electron chi connectivity index (χ4n) is 2.30. The summed E-state index contributed by atoms with van der Waals surface area (Å²) >= 11 is 1.53. The van der Waals surface area contributed by atoms with Gasteiger partial charge in [0, 0.05) is 0 Å². The first-order chi connectivity index (χ1) is 8.19. The Labute approximate surface area is 104 Å². The summed E-state index contributed by atoms with van der Waals surface area (Å²) in [5.41, 5.74) is -0.251. The standard InChI is InChI=1S/C11H17NO4S/c13-4-6-9(14)10(15)8-11(16-6)17-7(12-8)3-5-1-2-5/h5-6,8-11,13-15H,1-4H2/t6-,8-,9-,10-,11-/m1/s1. The van der Waals surface area contributed by atoms with E-state index in [9.17, 15) is 10.2 Å². The highest BCUT2D eigenvalue weighted by molar-refractivity contribution is 8.14. The van der Waals surface area contributed by atoms with Crippen LogP contribution in [0.15, 0.2) is 4.99 Å². The van der Waals surface area contributed by atoms with Crippen LogP contribution in [0.4, 0.5) is 0 Å². The molecule has 3 rings (SSSR count). The summed E-state index contributed by atoms with van der Waals surface area (Å²) in [6.45, 7) is -0.278. The maximum atomic E-state index is 9.96. The minimum absolute atomic E-state index is 0.251. The van der Waals surface area contributed by atoms with Crippen LogP contribution in [0.3, 0.4) is 0 Å². The van der Waals surface area contributed by atoms with Crippen LogP contribution in [-0.4, -0.2) is 56.8 Å². The molecule has 5 nitrogen and oxygen atoms in total. The molecule has 0 unspecified atom stereocenters. The number of thioether (sulfide) groups is 1. The molecule has 17 heavy (non-hydrogen) atoms. The summed E-state index contributed by atoms with van der Waals surface area (Å²) in [4.78, 5) is 4.45. The lowest BCUT2D eigenvalue weighted by atomic mass is 9.99. The minimum atomic E-state index is -1.05. The predicted octanol–water partition coefficient (Wildman–Crippen LogP) is -0.261. The van der Waals surface area contributed by atoms with Crippen LogP contribution in [0.25, 0.3) is 0 Å². The van der Waals surface area contributed by atoms with E-state index in [-0.39, 0.29) is 18.1 Å². The molecule has 6 heteroatoms. The normalized spacial score (nSPS) is 45.6. The summed E-state index contributed by atoms with van der Waals surface area (Å²) < 4.78 is 5.56. The van der Waals surface area contributed by atoms with Gasteiger partial charge in [-0.05, 0) is 25.2 Å². The average molecular weight is 259 g/mol. The second kappa shape index (κ2) is 4.51. The monoisotopic (exact) mass is 259 g/mol. The van der Waals surface area contributed by atoms with Gasteiger partial charge >= 0.3 is 0 Å². The molecule has 1 saturated heterocycles. The Morgan fingerprint density at radius 1 is 1.29 bits per heavy atom. The summed E-state index contributed by atoms with van der Waals surface area (Å²) in [5.74, 6) is 0.747. The number of aliphatic imine (C=N–C) groups is 1. The van der Waals surface area contributed by atoms with Crippen LogP contribution in [0.1, 0.15) is 19.3 Å². The highest BCUT2D eigenvalue weighted by Gasteiger charge is 2.48. The van der Waals surface area contributed by atoms with Crippen molar-refractivity contribution in [2.45, 2.75) is 49.1 Å². The van der Waals surface area contributed by atoms with Crippen LogP contribution in [-0.2, 0) is 4.74 Å². The molecule has 0 aromatic heterocycles. The van der Waals surface area contributed by atoms with Gasteiger partial charge in [-0.1, -0.05) is 11.8 Å². The van der Waals surface area contributed by atoms with Crippen molar-refractivity contribution in [3.8, 4) is 0 Å². The molecule has 0 spiro atoms. The van der Waals surface area contributed by atoms with E-state index in [1.54, 1.807) is 0 Å². The number of nitrogens with zero attached hydrogens (tertiary/aromatic N) is 1. The molecule has 0 radical (unpaired) electrons. The van der Waals surface area contributed by atoms with Crippen molar-refractivity contribution in [2.75, 3.05) is 6.61 Å². The van der Waals surface area contributed by atoms with Crippen molar-refractivity contribution in [1.82, 2.24) is 0 Å². The van der Waals surface area contributed by atoms with Gasteiger partial charge in [0.2, 0.25) is 0 Å². The van der Waals surface area contributed by atoms with Gasteiger partial charge in [0.1, 0.15) is 29.8 Å². The fraction of sp³-hybridized carbons (Fsp3) is 0.909. The molecule has 2 fully saturated rings. The third-order valence-electron chi connectivity index (χ3n) is 3.55. The molecule has 1 aliphatic carbocycles. The Morgan fingerprint density at radius 3 is 2.71 bits per heavy atom. The molecule has 1 saturated carbocycles. The van der Waals surface area contributed by atoms with E-state index in [0.29, 0.717) is 0 Å². The molecule has 96 valence electrons. The first-order valence-electron chi connectivity index (χ1n) is 6.05. The van der Waals surface area contributed by atoms with E-state index < -0.39 is 18.3 Å². The van der Waals surface area contributed by atoms with E-state index in [1.807, 2.05) is 0 Å². The second-order valence-corrected chi connectivity index (χ2v) is 6.16. The number of fused-ring (bicyclic) bond motifs is 1. The number of hydrogen-bond donors (Lipinski definition) is 3. The molecular weight excluding hydrogens is 242 g/mol. The van der Waals surface area contributed by atoms with Gasteiger partial charge in [-0.15, -0.1) is 0 Å². The second-order valence-electron chi connectivity index (χ2n) is 4.99. The topological polar surface area (TPSA) is 82.3 Å². The molecule has 2 heterocycles. The lowest BCUT2D eigenvalue weighted by Gasteiger charge is -2.37. The summed E-state index contributed by atoms with van der Waals surface area (Å²) in [6, 6.07) is -0.383. The maximum absolute atomic E-state index is 9.96. The first-order valence-corrected chi connectivity index (χ1v) is 6.93. The highest BCUT2D eigenvalue weighted by Crippen LogP contribution is 2.41. The van der Waals surface area contributed by atoms with Gasteiger partial charge < -0.3 is 20.1 Å². The Balaban J connectivity index is 1.69. The van der Waals surface area contributed by atoms with Crippen LogP contribution < -0.4 is 0 Å². The van der Waals surface area contributed by atoms with Gasteiger partial charge in [-0.2, -0.15) is 0 Å². The van der Waals surface area contributed by atoms with Gasteiger partial charge in [-0.3, -0.25) is 4.99 Å². The molecular formula is C11H17NO4S. The molecule has 2 aliphatic heterocycles. The largest absolute Gasteiger partial charge is 0.394 e. The average Bonchev–Trinajstić information content (AvgIpc) is 3.02. The molecule has 0 bridgehead atoms. The third-order valence-corrected chi connectivity index (χ3v) is 4.72. The zero-order chi connectivity index (χ0) is 12.0. The number of aliphatic hydroxyl groups is 3. The molecule has 0 aromatic carbocycles. The Kier molecular flexibility index (Phi) is 3.16. The van der Waals surface area contributed by atoms with Crippen LogP contribution in [0.5, 0.6) is 0 Å². The van der Waals surface area contributed by atoms with Gasteiger partial charge in [0.25, 0.3) is 0 Å². The highest BCUT2D eigenvalue weighted by atomic mass is 32.2. The van der Waals surface area contributed by atoms with E-state index in [4.69, 9.17) is 9.84 Å². The number of ether oxygens (including phenoxy) is 1. The van der Waals surface area contributed by atoms with E-state index in [1.165, 1.54) is 24.6 Å². The van der Waals surface area contributed by atoms with E-state index >= 15 is 0 Å². The Hall–Kier alpha value is -0.140. The van der Waals surface area contributed by atoms with Crippen LogP contribution in [0, 0.1) is 5.92 Å². The number of rotatable bonds is 3. The van der Waals surface area contributed by atoms with Crippen molar-refractivity contribution in [3.05, 3.63) is 0 Å². The predicted molar refractivity (Wildman–Crippen MR) is 63.9 cm³/mol. The Morgan fingerprint density at radius 2 is 2.06 bits per heavy atom. The van der Waals surface area contributed by atoms with Crippen molar-refractivity contribution in [1.29, 1.82) is 0 Å². The molecule has 0 aromatic rings. The van der Waals surface area contributed by atoms with Crippen molar-refractivity contribution in [2.24, 2.45) is 10.9 Å². The summed E-state index contributed by atoms with van der Waals surface area (Å²) in [7, 11) is 0. The zero-order valence-electron chi connectivity index (χ0n) is 9.40. The summed E-state index contributed by atoms with van der Waals surface area (Å²) in [6.07, 6.45) is 0.809. The summed E-state index contributed by atoms with van der Waals surface area (Å²) in [5, 5.41) is 29.8. The number of hydrogen-bond acceptors (Lipinski definition) is 6. The molecule has 3 aliphatic rings. The fourth-order valence-corrected chi connectivity index (χ4v) is 3.64. The number of aliphatic hydroxyl groups excluding tert-OH is 3. The lowest BCUT2D eigenvalue weighted by Crippen LogP contribution is -2.55.